The monoisotopic (exact) mass is 306 g/mol. The van der Waals surface area contributed by atoms with Crippen molar-refractivity contribution in [1.29, 1.82) is 0 Å². The van der Waals surface area contributed by atoms with Crippen LogP contribution in [0.15, 0.2) is 31.0 Å². The summed E-state index contributed by atoms with van der Waals surface area (Å²) >= 11 is 0. The molecule has 1 N–H and O–H groups in total. The molecule has 0 saturated carbocycles. The first-order chi connectivity index (χ1) is 10.5. The first-order valence-corrected chi connectivity index (χ1v) is 7.24. The summed E-state index contributed by atoms with van der Waals surface area (Å²) in [5.74, 6) is -1.99. The van der Waals surface area contributed by atoms with Gasteiger partial charge in [0, 0.05) is 19.3 Å². The van der Waals surface area contributed by atoms with Crippen LogP contribution in [0.3, 0.4) is 0 Å². The van der Waals surface area contributed by atoms with Gasteiger partial charge in [-0.25, -0.2) is 9.37 Å². The van der Waals surface area contributed by atoms with Crippen LogP contribution in [0.25, 0.3) is 0 Å². The smallest absolute Gasteiger partial charge is 0.309 e. The SMILES string of the molecule is C=CCCC1(C(=O)O)CCN(C(=O)c2ncccc2F)CC1. The maximum Gasteiger partial charge on any atom is 0.309 e. The summed E-state index contributed by atoms with van der Waals surface area (Å²) in [6.45, 7) is 4.20. The standard InChI is InChI=1S/C16H19FN2O3/c1-2-3-6-16(15(21)22)7-10-19(11-8-16)14(20)13-12(17)5-4-9-18-13/h2,4-5,9H,1,3,6-8,10-11H2,(H,21,22). The molecular formula is C16H19FN2O3. The Balaban J connectivity index is 2.07. The van der Waals surface area contributed by atoms with Crippen molar-refractivity contribution in [2.45, 2.75) is 25.7 Å². The van der Waals surface area contributed by atoms with E-state index in [-0.39, 0.29) is 18.8 Å². The molecule has 0 radical (unpaired) electrons. The van der Waals surface area contributed by atoms with Crippen molar-refractivity contribution in [3.63, 3.8) is 0 Å². The lowest BCUT2D eigenvalue weighted by Crippen LogP contribution is -2.46. The Labute approximate surface area is 128 Å². The summed E-state index contributed by atoms with van der Waals surface area (Å²) in [6.07, 6.45) is 4.91. The average Bonchev–Trinajstić information content (AvgIpc) is 2.53. The molecule has 0 atom stereocenters. The summed E-state index contributed by atoms with van der Waals surface area (Å²) in [5, 5.41) is 9.49. The van der Waals surface area contributed by atoms with E-state index in [0.29, 0.717) is 25.7 Å². The minimum absolute atomic E-state index is 0.212. The Hall–Kier alpha value is -2.24. The highest BCUT2D eigenvalue weighted by Crippen LogP contribution is 2.37. The number of carboxylic acids is 1. The molecule has 6 heteroatoms. The minimum atomic E-state index is -0.842. The summed E-state index contributed by atoms with van der Waals surface area (Å²) in [7, 11) is 0. The number of likely N-dealkylation sites (tertiary alicyclic amines) is 1. The van der Waals surface area contributed by atoms with Gasteiger partial charge >= 0.3 is 5.97 Å². The molecule has 0 bridgehead atoms. The Morgan fingerprint density at radius 1 is 1.45 bits per heavy atom. The van der Waals surface area contributed by atoms with Gasteiger partial charge in [0.2, 0.25) is 0 Å². The van der Waals surface area contributed by atoms with E-state index in [1.165, 1.54) is 23.2 Å². The quantitative estimate of drug-likeness (QED) is 0.849. The van der Waals surface area contributed by atoms with E-state index in [9.17, 15) is 19.1 Å². The highest BCUT2D eigenvalue weighted by molar-refractivity contribution is 5.92. The lowest BCUT2D eigenvalue weighted by atomic mass is 9.75. The van der Waals surface area contributed by atoms with Crippen LogP contribution in [-0.4, -0.2) is 40.0 Å². The molecule has 0 aromatic carbocycles. The van der Waals surface area contributed by atoms with E-state index in [4.69, 9.17) is 0 Å². The molecule has 0 unspecified atom stereocenters. The van der Waals surface area contributed by atoms with Crippen LogP contribution in [0, 0.1) is 11.2 Å². The van der Waals surface area contributed by atoms with Crippen molar-refractivity contribution >= 4 is 11.9 Å². The zero-order valence-corrected chi connectivity index (χ0v) is 12.3. The number of pyridine rings is 1. The van der Waals surface area contributed by atoms with Crippen molar-refractivity contribution in [2.75, 3.05) is 13.1 Å². The van der Waals surface area contributed by atoms with Gasteiger partial charge in [0.25, 0.3) is 5.91 Å². The highest BCUT2D eigenvalue weighted by Gasteiger charge is 2.42. The fourth-order valence-electron chi connectivity index (χ4n) is 2.78. The minimum Gasteiger partial charge on any atom is -0.481 e. The molecule has 1 fully saturated rings. The largest absolute Gasteiger partial charge is 0.481 e. The average molecular weight is 306 g/mol. The normalized spacial score (nSPS) is 17.0. The molecule has 1 aliphatic rings. The van der Waals surface area contributed by atoms with Gasteiger partial charge in [0.1, 0.15) is 0 Å². The number of allylic oxidation sites excluding steroid dienone is 1. The van der Waals surface area contributed by atoms with Crippen LogP contribution < -0.4 is 0 Å². The van der Waals surface area contributed by atoms with Crippen LogP contribution in [0.1, 0.15) is 36.2 Å². The Bertz CT molecular complexity index is 581. The van der Waals surface area contributed by atoms with E-state index in [2.05, 4.69) is 11.6 Å². The maximum atomic E-state index is 13.6. The van der Waals surface area contributed by atoms with Gasteiger partial charge in [-0.1, -0.05) is 6.08 Å². The molecule has 0 spiro atoms. The molecule has 1 aliphatic heterocycles. The van der Waals surface area contributed by atoms with Crippen molar-refractivity contribution < 1.29 is 19.1 Å². The second kappa shape index (κ2) is 6.68. The lowest BCUT2D eigenvalue weighted by molar-refractivity contribution is -0.152. The number of rotatable bonds is 5. The summed E-state index contributed by atoms with van der Waals surface area (Å²) in [5.41, 5.74) is -1.04. The third-order valence-corrected chi connectivity index (χ3v) is 4.25. The number of carbonyl (C=O) groups is 2. The number of hydrogen-bond donors (Lipinski definition) is 1. The molecule has 2 heterocycles. The predicted molar refractivity (Wildman–Crippen MR) is 78.8 cm³/mol. The maximum absolute atomic E-state index is 13.6. The number of piperidine rings is 1. The molecule has 0 aliphatic carbocycles. The van der Waals surface area contributed by atoms with E-state index in [1.807, 2.05) is 0 Å². The topological polar surface area (TPSA) is 70.5 Å². The van der Waals surface area contributed by atoms with Gasteiger partial charge in [-0.15, -0.1) is 6.58 Å². The molecule has 1 saturated heterocycles. The molecule has 22 heavy (non-hydrogen) atoms. The van der Waals surface area contributed by atoms with E-state index in [0.717, 1.165) is 0 Å². The van der Waals surface area contributed by atoms with Gasteiger partial charge in [-0.3, -0.25) is 9.59 Å². The number of aliphatic carboxylic acids is 1. The zero-order valence-electron chi connectivity index (χ0n) is 12.3. The van der Waals surface area contributed by atoms with Crippen molar-refractivity contribution in [3.8, 4) is 0 Å². The number of carboxylic acid groups (broad SMARTS) is 1. The van der Waals surface area contributed by atoms with Crippen LogP contribution in [0.2, 0.25) is 0 Å². The van der Waals surface area contributed by atoms with Crippen LogP contribution >= 0.6 is 0 Å². The number of nitrogens with zero attached hydrogens (tertiary/aromatic N) is 2. The van der Waals surface area contributed by atoms with Crippen LogP contribution in [-0.2, 0) is 4.79 Å². The lowest BCUT2D eigenvalue weighted by Gasteiger charge is -2.38. The second-order valence-electron chi connectivity index (χ2n) is 5.54. The van der Waals surface area contributed by atoms with E-state index >= 15 is 0 Å². The molecular weight excluding hydrogens is 287 g/mol. The first-order valence-electron chi connectivity index (χ1n) is 7.24. The Morgan fingerprint density at radius 3 is 2.68 bits per heavy atom. The zero-order chi connectivity index (χ0) is 16.2. The second-order valence-corrected chi connectivity index (χ2v) is 5.54. The number of aromatic nitrogens is 1. The number of halogens is 1. The first kappa shape index (κ1) is 16.1. The van der Waals surface area contributed by atoms with Gasteiger partial charge in [-0.05, 0) is 37.8 Å². The molecule has 118 valence electrons. The Morgan fingerprint density at radius 2 is 2.14 bits per heavy atom. The Kier molecular flexibility index (Phi) is 4.90. The predicted octanol–water partition coefficient (Wildman–Crippen LogP) is 2.49. The highest BCUT2D eigenvalue weighted by atomic mass is 19.1. The van der Waals surface area contributed by atoms with Gasteiger partial charge in [0.15, 0.2) is 11.5 Å². The number of amides is 1. The summed E-state index contributed by atoms with van der Waals surface area (Å²) in [6, 6.07) is 2.61. The number of carbonyl (C=O) groups excluding carboxylic acids is 1. The van der Waals surface area contributed by atoms with Crippen LogP contribution in [0.5, 0.6) is 0 Å². The van der Waals surface area contributed by atoms with E-state index < -0.39 is 23.1 Å². The van der Waals surface area contributed by atoms with Crippen molar-refractivity contribution in [1.82, 2.24) is 9.88 Å². The van der Waals surface area contributed by atoms with Crippen molar-refractivity contribution in [2.24, 2.45) is 5.41 Å². The van der Waals surface area contributed by atoms with Gasteiger partial charge in [-0.2, -0.15) is 0 Å². The molecule has 5 nitrogen and oxygen atoms in total. The fraction of sp³-hybridized carbons (Fsp3) is 0.438. The summed E-state index contributed by atoms with van der Waals surface area (Å²) < 4.78 is 13.6. The molecule has 1 amide bonds. The van der Waals surface area contributed by atoms with Gasteiger partial charge < -0.3 is 10.0 Å². The van der Waals surface area contributed by atoms with Gasteiger partial charge in [0.05, 0.1) is 5.41 Å². The van der Waals surface area contributed by atoms with Crippen molar-refractivity contribution in [3.05, 3.63) is 42.5 Å². The number of hydrogen-bond acceptors (Lipinski definition) is 3. The molecule has 2 rings (SSSR count). The van der Waals surface area contributed by atoms with Crippen LogP contribution in [0.4, 0.5) is 4.39 Å². The molecule has 1 aromatic rings. The summed E-state index contributed by atoms with van der Waals surface area (Å²) in [4.78, 5) is 29.1. The fourth-order valence-corrected chi connectivity index (χ4v) is 2.78. The third kappa shape index (κ3) is 3.16. The molecule has 1 aromatic heterocycles. The third-order valence-electron chi connectivity index (χ3n) is 4.25. The van der Waals surface area contributed by atoms with E-state index in [1.54, 1.807) is 6.08 Å².